The minimum atomic E-state index is -0.225. The molecular formula is C24H27FN4. The van der Waals surface area contributed by atoms with Crippen molar-refractivity contribution in [2.45, 2.75) is 19.9 Å². The van der Waals surface area contributed by atoms with Gasteiger partial charge in [-0.15, -0.1) is 0 Å². The van der Waals surface area contributed by atoms with Crippen LogP contribution in [0.2, 0.25) is 0 Å². The highest BCUT2D eigenvalue weighted by Crippen LogP contribution is 2.27. The van der Waals surface area contributed by atoms with Crippen molar-refractivity contribution in [3.63, 3.8) is 0 Å². The summed E-state index contributed by atoms with van der Waals surface area (Å²) in [7, 11) is 0. The number of hydrogen-bond acceptors (Lipinski definition) is 4. The van der Waals surface area contributed by atoms with Gasteiger partial charge in [0.05, 0.1) is 5.52 Å². The fraction of sp³-hybridized carbons (Fsp3) is 0.292. The lowest BCUT2D eigenvalue weighted by atomic mass is 10.1. The van der Waals surface area contributed by atoms with Crippen LogP contribution >= 0.6 is 0 Å². The summed E-state index contributed by atoms with van der Waals surface area (Å²) in [5.41, 5.74) is 5.19. The van der Waals surface area contributed by atoms with Gasteiger partial charge in [0.2, 0.25) is 0 Å². The Bertz CT molecular complexity index is 1010. The Balaban J connectivity index is 1.41. The average Bonchev–Trinajstić information content (AvgIpc) is 2.74. The van der Waals surface area contributed by atoms with Crippen molar-refractivity contribution in [3.8, 4) is 0 Å². The summed E-state index contributed by atoms with van der Waals surface area (Å²) in [6.45, 7) is 12.2. The minimum Gasteiger partial charge on any atom is -0.368 e. The molecule has 0 bridgehead atoms. The van der Waals surface area contributed by atoms with Gasteiger partial charge in [-0.05, 0) is 50.2 Å². The third-order valence-electron chi connectivity index (χ3n) is 5.74. The summed E-state index contributed by atoms with van der Waals surface area (Å²) < 4.78 is 13.8. The molecule has 29 heavy (non-hydrogen) atoms. The van der Waals surface area contributed by atoms with Gasteiger partial charge in [0.1, 0.15) is 5.82 Å². The molecule has 2 aromatic carbocycles. The average molecular weight is 391 g/mol. The molecule has 3 aromatic rings. The summed E-state index contributed by atoms with van der Waals surface area (Å²) in [4.78, 5) is 9.12. The molecule has 2 heterocycles. The third kappa shape index (κ3) is 4.25. The van der Waals surface area contributed by atoms with Crippen LogP contribution in [-0.4, -0.2) is 42.1 Å². The van der Waals surface area contributed by atoms with Crippen molar-refractivity contribution in [2.24, 2.45) is 0 Å². The monoisotopic (exact) mass is 390 g/mol. The van der Waals surface area contributed by atoms with Gasteiger partial charge in [-0.25, -0.2) is 4.39 Å². The highest BCUT2D eigenvalue weighted by Gasteiger charge is 2.24. The van der Waals surface area contributed by atoms with Crippen LogP contribution < -0.4 is 10.2 Å². The van der Waals surface area contributed by atoms with E-state index in [4.69, 9.17) is 0 Å². The molecule has 1 aromatic heterocycles. The van der Waals surface area contributed by atoms with Crippen LogP contribution in [0.4, 0.5) is 15.8 Å². The number of halogens is 1. The highest BCUT2D eigenvalue weighted by atomic mass is 19.1. The maximum Gasteiger partial charge on any atom is 0.124 e. The summed E-state index contributed by atoms with van der Waals surface area (Å²) >= 11 is 0. The zero-order valence-electron chi connectivity index (χ0n) is 17.0. The van der Waals surface area contributed by atoms with Crippen molar-refractivity contribution in [1.29, 1.82) is 0 Å². The summed E-state index contributed by atoms with van der Waals surface area (Å²) in [6, 6.07) is 15.4. The molecular weight excluding hydrogens is 363 g/mol. The van der Waals surface area contributed by atoms with E-state index in [0.717, 1.165) is 54.2 Å². The number of nitrogens with one attached hydrogen (secondary N) is 1. The number of anilines is 2. The maximum atomic E-state index is 13.8. The Hall–Kier alpha value is -2.92. The SMILES string of the molecule is C=C(Nc1ccc(C)cc1)C(C)N1CCN(c2ccnc3ccc(F)cc23)CC1. The minimum absolute atomic E-state index is 0.225. The molecule has 0 aliphatic carbocycles. The molecule has 1 aliphatic rings. The van der Waals surface area contributed by atoms with E-state index >= 15 is 0 Å². The van der Waals surface area contributed by atoms with Gasteiger partial charge >= 0.3 is 0 Å². The number of aryl methyl sites for hydroxylation is 1. The van der Waals surface area contributed by atoms with Gasteiger partial charge in [-0.3, -0.25) is 9.88 Å². The predicted octanol–water partition coefficient (Wildman–Crippen LogP) is 4.82. The fourth-order valence-electron chi connectivity index (χ4n) is 3.88. The second-order valence-electron chi connectivity index (χ2n) is 7.71. The van der Waals surface area contributed by atoms with E-state index in [1.54, 1.807) is 18.3 Å². The van der Waals surface area contributed by atoms with E-state index in [1.165, 1.54) is 11.6 Å². The number of nitrogens with zero attached hydrogens (tertiary/aromatic N) is 3. The summed E-state index contributed by atoms with van der Waals surface area (Å²) in [5, 5.41) is 4.31. The van der Waals surface area contributed by atoms with Crippen molar-refractivity contribution in [2.75, 3.05) is 36.4 Å². The van der Waals surface area contributed by atoms with Gasteiger partial charge < -0.3 is 10.2 Å². The lowest BCUT2D eigenvalue weighted by molar-refractivity contribution is 0.221. The van der Waals surface area contributed by atoms with E-state index in [1.807, 2.05) is 6.07 Å². The fourth-order valence-corrected chi connectivity index (χ4v) is 3.88. The lowest BCUT2D eigenvalue weighted by Gasteiger charge is -2.40. The molecule has 0 saturated carbocycles. The summed E-state index contributed by atoms with van der Waals surface area (Å²) in [6.07, 6.45) is 1.80. The Morgan fingerprint density at radius 2 is 1.79 bits per heavy atom. The first-order valence-corrected chi connectivity index (χ1v) is 10.1. The van der Waals surface area contributed by atoms with E-state index in [0.29, 0.717) is 0 Å². The quantitative estimate of drug-likeness (QED) is 0.677. The van der Waals surface area contributed by atoms with Crippen LogP contribution in [0.15, 0.2) is 67.0 Å². The smallest absolute Gasteiger partial charge is 0.124 e. The van der Waals surface area contributed by atoms with Crippen LogP contribution in [-0.2, 0) is 0 Å². The van der Waals surface area contributed by atoms with Crippen molar-refractivity contribution < 1.29 is 4.39 Å². The first kappa shape index (κ1) is 19.4. The molecule has 1 atom stereocenters. The second-order valence-corrected chi connectivity index (χ2v) is 7.71. The molecule has 1 N–H and O–H groups in total. The van der Waals surface area contributed by atoms with Crippen molar-refractivity contribution in [1.82, 2.24) is 9.88 Å². The van der Waals surface area contributed by atoms with Gasteiger partial charge in [-0.1, -0.05) is 24.3 Å². The normalized spacial score (nSPS) is 16.0. The molecule has 4 nitrogen and oxygen atoms in total. The Labute approximate surface area is 171 Å². The standard InChI is InChI=1S/C24H27FN4/c1-17-4-7-21(8-5-17)27-18(2)19(3)28-12-14-29(15-13-28)24-10-11-26-23-9-6-20(25)16-22(23)24/h4-11,16,19,27H,2,12-15H2,1,3H3. The number of aromatic nitrogens is 1. The molecule has 0 amide bonds. The van der Waals surface area contributed by atoms with E-state index in [2.05, 4.69) is 64.8 Å². The van der Waals surface area contributed by atoms with Crippen LogP contribution in [0.1, 0.15) is 12.5 Å². The topological polar surface area (TPSA) is 31.4 Å². The van der Waals surface area contributed by atoms with Crippen LogP contribution in [0.25, 0.3) is 10.9 Å². The number of fused-ring (bicyclic) bond motifs is 1. The van der Waals surface area contributed by atoms with Gasteiger partial charge in [0.15, 0.2) is 0 Å². The van der Waals surface area contributed by atoms with Crippen molar-refractivity contribution >= 4 is 22.3 Å². The molecule has 1 fully saturated rings. The Kier molecular flexibility index (Phi) is 5.49. The Morgan fingerprint density at radius 1 is 1.07 bits per heavy atom. The second kappa shape index (κ2) is 8.21. The molecule has 4 rings (SSSR count). The van der Waals surface area contributed by atoms with Crippen LogP contribution in [0.3, 0.4) is 0 Å². The molecule has 0 radical (unpaired) electrons. The zero-order valence-corrected chi connectivity index (χ0v) is 17.0. The van der Waals surface area contributed by atoms with Crippen LogP contribution in [0.5, 0.6) is 0 Å². The molecule has 1 saturated heterocycles. The van der Waals surface area contributed by atoms with Crippen molar-refractivity contribution in [3.05, 3.63) is 78.4 Å². The number of rotatable bonds is 5. The number of pyridine rings is 1. The first-order chi connectivity index (χ1) is 14.0. The summed E-state index contributed by atoms with van der Waals surface area (Å²) in [5.74, 6) is -0.225. The molecule has 1 aliphatic heterocycles. The number of benzene rings is 2. The Morgan fingerprint density at radius 3 is 2.52 bits per heavy atom. The van der Waals surface area contributed by atoms with Gasteiger partial charge in [0.25, 0.3) is 0 Å². The van der Waals surface area contributed by atoms with E-state index in [9.17, 15) is 4.39 Å². The van der Waals surface area contributed by atoms with E-state index < -0.39 is 0 Å². The third-order valence-corrected chi connectivity index (χ3v) is 5.74. The maximum absolute atomic E-state index is 13.8. The zero-order chi connectivity index (χ0) is 20.4. The molecule has 5 heteroatoms. The predicted molar refractivity (Wildman–Crippen MR) is 119 cm³/mol. The molecule has 1 unspecified atom stereocenters. The van der Waals surface area contributed by atoms with Gasteiger partial charge in [-0.2, -0.15) is 0 Å². The number of hydrogen-bond donors (Lipinski definition) is 1. The molecule has 150 valence electrons. The molecule has 0 spiro atoms. The number of piperazine rings is 1. The first-order valence-electron chi connectivity index (χ1n) is 10.1. The van der Waals surface area contributed by atoms with Gasteiger partial charge in [0, 0.05) is 60.9 Å². The highest BCUT2D eigenvalue weighted by molar-refractivity contribution is 5.91. The van der Waals surface area contributed by atoms with E-state index in [-0.39, 0.29) is 11.9 Å². The lowest BCUT2D eigenvalue weighted by Crippen LogP contribution is -2.50. The van der Waals surface area contributed by atoms with Crippen LogP contribution in [0, 0.1) is 12.7 Å². The largest absolute Gasteiger partial charge is 0.368 e.